The van der Waals surface area contributed by atoms with Gasteiger partial charge in [-0.05, 0) is 31.3 Å². The molecule has 0 aliphatic carbocycles. The predicted octanol–water partition coefficient (Wildman–Crippen LogP) is 1.81. The Balaban J connectivity index is 1.84. The van der Waals surface area contributed by atoms with Crippen LogP contribution in [-0.2, 0) is 4.74 Å². The van der Waals surface area contributed by atoms with Gasteiger partial charge < -0.3 is 14.7 Å². The maximum atomic E-state index is 10.7. The summed E-state index contributed by atoms with van der Waals surface area (Å²) >= 11 is 1.70. The molecule has 1 fully saturated rings. The molecule has 0 bridgehead atoms. The molecule has 98 valence electrons. The second-order valence-corrected chi connectivity index (χ2v) is 5.49. The summed E-state index contributed by atoms with van der Waals surface area (Å²) < 4.78 is 5.68. The maximum absolute atomic E-state index is 10.7. The lowest BCUT2D eigenvalue weighted by molar-refractivity contribution is -0.00598. The number of carboxylic acids is 1. The lowest BCUT2D eigenvalue weighted by atomic mass is 10.2. The quantitative estimate of drug-likeness (QED) is 0.843. The monoisotopic (exact) mass is 267 g/mol. The third-order valence-corrected chi connectivity index (χ3v) is 4.02. The van der Waals surface area contributed by atoms with Gasteiger partial charge in [-0.2, -0.15) is 0 Å². The molecule has 5 heteroatoms. The zero-order valence-corrected chi connectivity index (χ0v) is 11.2. The minimum Gasteiger partial charge on any atom is -0.478 e. The molecule has 18 heavy (non-hydrogen) atoms. The van der Waals surface area contributed by atoms with E-state index in [1.54, 1.807) is 23.9 Å². The lowest BCUT2D eigenvalue weighted by Crippen LogP contribution is -2.41. The van der Waals surface area contributed by atoms with Crippen molar-refractivity contribution in [2.45, 2.75) is 11.0 Å². The van der Waals surface area contributed by atoms with E-state index >= 15 is 0 Å². The van der Waals surface area contributed by atoms with Crippen LogP contribution in [0.2, 0.25) is 0 Å². The highest BCUT2D eigenvalue weighted by Crippen LogP contribution is 2.21. The van der Waals surface area contributed by atoms with E-state index in [9.17, 15) is 4.79 Å². The largest absolute Gasteiger partial charge is 0.478 e. The number of carboxylic acid groups (broad SMARTS) is 1. The Bertz CT molecular complexity index is 407. The molecule has 0 saturated carbocycles. The van der Waals surface area contributed by atoms with Gasteiger partial charge in [0.05, 0.1) is 18.3 Å². The summed E-state index contributed by atoms with van der Waals surface area (Å²) in [7, 11) is 2.10. The second kappa shape index (κ2) is 6.22. The lowest BCUT2D eigenvalue weighted by Gasteiger charge is -2.29. The standard InChI is InChI=1S/C13H17NO3S/c1-14-6-7-17-11(8-14)9-18-12-4-2-10(3-5-12)13(15)16/h2-5,11H,6-9H2,1H3,(H,15,16). The van der Waals surface area contributed by atoms with Gasteiger partial charge in [0.2, 0.25) is 0 Å². The molecular weight excluding hydrogens is 250 g/mol. The summed E-state index contributed by atoms with van der Waals surface area (Å²) in [5, 5.41) is 8.81. The number of nitrogens with zero attached hydrogens (tertiary/aromatic N) is 1. The Labute approximate surface area is 111 Å². The molecule has 1 aromatic carbocycles. The Morgan fingerprint density at radius 3 is 2.83 bits per heavy atom. The first kappa shape index (κ1) is 13.4. The van der Waals surface area contributed by atoms with Crippen LogP contribution < -0.4 is 0 Å². The van der Waals surface area contributed by atoms with Crippen molar-refractivity contribution in [1.29, 1.82) is 0 Å². The Morgan fingerprint density at radius 2 is 2.22 bits per heavy atom. The molecule has 1 unspecified atom stereocenters. The number of hydrogen-bond acceptors (Lipinski definition) is 4. The number of ether oxygens (including phenoxy) is 1. The number of carbonyl (C=O) groups is 1. The van der Waals surface area contributed by atoms with Crippen molar-refractivity contribution in [2.75, 3.05) is 32.5 Å². The van der Waals surface area contributed by atoms with Crippen LogP contribution in [0, 0.1) is 0 Å². The number of thioether (sulfide) groups is 1. The summed E-state index contributed by atoms with van der Waals surface area (Å²) in [6.07, 6.45) is 0.257. The number of rotatable bonds is 4. The van der Waals surface area contributed by atoms with E-state index < -0.39 is 5.97 Å². The molecule has 0 radical (unpaired) electrons. The fraction of sp³-hybridized carbons (Fsp3) is 0.462. The van der Waals surface area contributed by atoms with Crippen LogP contribution in [0.15, 0.2) is 29.2 Å². The van der Waals surface area contributed by atoms with Crippen LogP contribution in [0.3, 0.4) is 0 Å². The molecule has 1 N–H and O–H groups in total. The van der Waals surface area contributed by atoms with Crippen molar-refractivity contribution in [2.24, 2.45) is 0 Å². The fourth-order valence-corrected chi connectivity index (χ4v) is 2.76. The molecule has 4 nitrogen and oxygen atoms in total. The molecule has 0 amide bonds. The fourth-order valence-electron chi connectivity index (χ4n) is 1.85. The van der Waals surface area contributed by atoms with Crippen LogP contribution in [0.25, 0.3) is 0 Å². The molecule has 1 saturated heterocycles. The van der Waals surface area contributed by atoms with Crippen molar-refractivity contribution in [3.8, 4) is 0 Å². The summed E-state index contributed by atoms with van der Waals surface area (Å²) in [5.74, 6) is 0.0142. The smallest absolute Gasteiger partial charge is 0.335 e. The Hall–Kier alpha value is -1.04. The van der Waals surface area contributed by atoms with E-state index in [1.165, 1.54) is 0 Å². The Kier molecular flexibility index (Phi) is 4.63. The van der Waals surface area contributed by atoms with Gasteiger partial charge in [0.15, 0.2) is 0 Å². The van der Waals surface area contributed by atoms with Crippen LogP contribution in [-0.4, -0.2) is 54.6 Å². The highest BCUT2D eigenvalue weighted by molar-refractivity contribution is 7.99. The Morgan fingerprint density at radius 1 is 1.50 bits per heavy atom. The van der Waals surface area contributed by atoms with Crippen LogP contribution in [0.1, 0.15) is 10.4 Å². The number of morpholine rings is 1. The van der Waals surface area contributed by atoms with E-state index in [0.717, 1.165) is 30.3 Å². The van der Waals surface area contributed by atoms with Crippen molar-refractivity contribution in [3.05, 3.63) is 29.8 Å². The van der Waals surface area contributed by atoms with Crippen molar-refractivity contribution in [3.63, 3.8) is 0 Å². The molecular formula is C13H17NO3S. The zero-order chi connectivity index (χ0) is 13.0. The normalized spacial score (nSPS) is 20.8. The molecule has 1 aliphatic rings. The van der Waals surface area contributed by atoms with Gasteiger partial charge in [0.1, 0.15) is 0 Å². The molecule has 1 aliphatic heterocycles. The van der Waals surface area contributed by atoms with E-state index in [4.69, 9.17) is 9.84 Å². The third-order valence-electron chi connectivity index (χ3n) is 2.88. The first-order valence-electron chi connectivity index (χ1n) is 5.91. The van der Waals surface area contributed by atoms with Crippen LogP contribution in [0.5, 0.6) is 0 Å². The van der Waals surface area contributed by atoms with Gasteiger partial charge in [0.25, 0.3) is 0 Å². The van der Waals surface area contributed by atoms with Crippen LogP contribution in [0.4, 0.5) is 0 Å². The SMILES string of the molecule is CN1CCOC(CSc2ccc(C(=O)O)cc2)C1. The van der Waals surface area contributed by atoms with Gasteiger partial charge in [-0.1, -0.05) is 0 Å². The van der Waals surface area contributed by atoms with Gasteiger partial charge in [0, 0.05) is 23.7 Å². The van der Waals surface area contributed by atoms with Gasteiger partial charge in [-0.25, -0.2) is 4.79 Å². The predicted molar refractivity (Wildman–Crippen MR) is 71.4 cm³/mol. The summed E-state index contributed by atoms with van der Waals surface area (Å²) in [5.41, 5.74) is 0.327. The minimum absolute atomic E-state index is 0.257. The van der Waals surface area contributed by atoms with E-state index in [2.05, 4.69) is 11.9 Å². The first-order valence-corrected chi connectivity index (χ1v) is 6.90. The highest BCUT2D eigenvalue weighted by Gasteiger charge is 2.17. The third kappa shape index (κ3) is 3.73. The topological polar surface area (TPSA) is 49.8 Å². The summed E-state index contributed by atoms with van der Waals surface area (Å²) in [4.78, 5) is 14.1. The maximum Gasteiger partial charge on any atom is 0.335 e. The number of likely N-dealkylation sites (N-methyl/N-ethyl adjacent to an activating group) is 1. The molecule has 1 heterocycles. The molecule has 2 rings (SSSR count). The average Bonchev–Trinajstić information content (AvgIpc) is 2.37. The number of hydrogen-bond donors (Lipinski definition) is 1. The van der Waals surface area contributed by atoms with Gasteiger partial charge in [-0.3, -0.25) is 0 Å². The number of aromatic carboxylic acids is 1. The van der Waals surface area contributed by atoms with E-state index in [-0.39, 0.29) is 6.10 Å². The van der Waals surface area contributed by atoms with E-state index in [1.807, 2.05) is 12.1 Å². The first-order chi connectivity index (χ1) is 8.65. The second-order valence-electron chi connectivity index (χ2n) is 4.40. The zero-order valence-electron chi connectivity index (χ0n) is 10.3. The van der Waals surface area contributed by atoms with Gasteiger partial charge >= 0.3 is 5.97 Å². The van der Waals surface area contributed by atoms with Crippen molar-refractivity contribution < 1.29 is 14.6 Å². The van der Waals surface area contributed by atoms with Crippen molar-refractivity contribution in [1.82, 2.24) is 4.90 Å². The van der Waals surface area contributed by atoms with E-state index in [0.29, 0.717) is 5.56 Å². The summed E-state index contributed by atoms with van der Waals surface area (Å²) in [6.45, 7) is 2.74. The molecule has 1 atom stereocenters. The van der Waals surface area contributed by atoms with Crippen molar-refractivity contribution >= 4 is 17.7 Å². The molecule has 0 aromatic heterocycles. The van der Waals surface area contributed by atoms with Gasteiger partial charge in [-0.15, -0.1) is 11.8 Å². The number of benzene rings is 1. The molecule has 1 aromatic rings. The highest BCUT2D eigenvalue weighted by atomic mass is 32.2. The summed E-state index contributed by atoms with van der Waals surface area (Å²) in [6, 6.07) is 6.97. The molecule has 0 spiro atoms. The minimum atomic E-state index is -0.885. The van der Waals surface area contributed by atoms with Crippen LogP contribution >= 0.6 is 11.8 Å². The average molecular weight is 267 g/mol.